The van der Waals surface area contributed by atoms with Crippen molar-refractivity contribution in [1.82, 2.24) is 0 Å². The van der Waals surface area contributed by atoms with Gasteiger partial charge in [0, 0.05) is 35.9 Å². The number of nitrogens with zero attached hydrogens (tertiary/aromatic N) is 1. The molecule has 0 aliphatic heterocycles. The van der Waals surface area contributed by atoms with E-state index >= 15 is 0 Å². The Morgan fingerprint density at radius 1 is 1.03 bits per heavy atom. The van der Waals surface area contributed by atoms with Crippen LogP contribution in [0.5, 0.6) is 0 Å². The molecule has 1 aromatic heterocycles. The van der Waals surface area contributed by atoms with Crippen LogP contribution in [0.2, 0.25) is 0 Å². The van der Waals surface area contributed by atoms with Crippen LogP contribution in [0, 0.1) is 5.41 Å². The molecular weight excluding hydrogens is 382 g/mol. The molecule has 0 aliphatic carbocycles. The second kappa shape index (κ2) is 9.26. The molecule has 0 spiro atoms. The van der Waals surface area contributed by atoms with Crippen LogP contribution in [0.1, 0.15) is 41.5 Å². The van der Waals surface area contributed by atoms with Gasteiger partial charge in [-0.2, -0.15) is 0 Å². The summed E-state index contributed by atoms with van der Waals surface area (Å²) in [5.74, 6) is -0.872. The summed E-state index contributed by atoms with van der Waals surface area (Å²) in [5.41, 5.74) is 2.40. The average Bonchev–Trinajstić information content (AvgIpc) is 2.74. The first-order valence-corrected chi connectivity index (χ1v) is 9.92. The van der Waals surface area contributed by atoms with Crippen LogP contribution in [-0.2, 0) is 4.74 Å². The Morgan fingerprint density at radius 3 is 2.37 bits per heavy atom. The van der Waals surface area contributed by atoms with Crippen LogP contribution in [0.15, 0.2) is 52.9 Å². The number of carbonyl (C=O) groups excluding carboxylic acids is 2. The van der Waals surface area contributed by atoms with Gasteiger partial charge in [0.2, 0.25) is 5.55 Å². The highest BCUT2D eigenvalue weighted by molar-refractivity contribution is 6.05. The summed E-state index contributed by atoms with van der Waals surface area (Å²) in [6.07, 6.45) is 0. The molecule has 0 atom stereocenters. The fraction of sp³-hybridized carbons (Fsp3) is 0.261. The number of carbonyl (C=O) groups is 2. The summed E-state index contributed by atoms with van der Waals surface area (Å²) < 4.78 is 10.6. The van der Waals surface area contributed by atoms with E-state index in [-0.39, 0.29) is 11.1 Å². The van der Waals surface area contributed by atoms with Crippen molar-refractivity contribution in [1.29, 1.82) is 5.41 Å². The third kappa shape index (κ3) is 4.51. The summed E-state index contributed by atoms with van der Waals surface area (Å²) in [6, 6.07) is 13.8. The van der Waals surface area contributed by atoms with Crippen molar-refractivity contribution in [2.24, 2.45) is 0 Å². The van der Waals surface area contributed by atoms with Gasteiger partial charge in [-0.1, -0.05) is 0 Å². The van der Waals surface area contributed by atoms with Crippen LogP contribution in [0.4, 0.5) is 11.4 Å². The van der Waals surface area contributed by atoms with Crippen molar-refractivity contribution in [2.45, 2.75) is 20.8 Å². The van der Waals surface area contributed by atoms with Gasteiger partial charge in [0.25, 0.3) is 5.91 Å². The van der Waals surface area contributed by atoms with Crippen LogP contribution in [0.25, 0.3) is 11.0 Å². The fourth-order valence-electron chi connectivity index (χ4n) is 3.17. The van der Waals surface area contributed by atoms with Gasteiger partial charge in [0.05, 0.1) is 12.2 Å². The lowest BCUT2D eigenvalue weighted by atomic mass is 10.1. The van der Waals surface area contributed by atoms with Gasteiger partial charge in [-0.3, -0.25) is 10.2 Å². The lowest BCUT2D eigenvalue weighted by Gasteiger charge is -2.21. The van der Waals surface area contributed by atoms with Crippen LogP contribution >= 0.6 is 0 Å². The molecule has 1 heterocycles. The van der Waals surface area contributed by atoms with Crippen LogP contribution in [-0.4, -0.2) is 31.6 Å². The van der Waals surface area contributed by atoms with E-state index in [1.54, 1.807) is 37.3 Å². The van der Waals surface area contributed by atoms with Gasteiger partial charge in [0.15, 0.2) is 0 Å². The minimum Gasteiger partial charge on any atom is -0.462 e. The molecule has 0 fully saturated rings. The summed E-state index contributed by atoms with van der Waals surface area (Å²) >= 11 is 0. The summed E-state index contributed by atoms with van der Waals surface area (Å²) in [4.78, 5) is 26.6. The highest BCUT2D eigenvalue weighted by atomic mass is 16.5. The standard InChI is InChI=1S/C23H25N3O4/c1-4-26(5-2)18-12-9-16-13-19(21(24)30-20(16)14-18)22(27)25-17-10-7-15(8-11-17)23(28)29-6-3/h7-14,24H,4-6H2,1-3H3,(H,25,27). The maximum atomic E-state index is 12.7. The van der Waals surface area contributed by atoms with E-state index in [4.69, 9.17) is 14.6 Å². The topological polar surface area (TPSA) is 95.6 Å². The highest BCUT2D eigenvalue weighted by Gasteiger charge is 2.14. The van der Waals surface area contributed by atoms with Crippen LogP contribution < -0.4 is 15.8 Å². The SMILES string of the molecule is CCOC(=O)c1ccc(NC(=O)c2cc3ccc(N(CC)CC)cc3oc2=N)cc1. The van der Waals surface area contributed by atoms with E-state index in [0.717, 1.165) is 24.2 Å². The molecule has 7 nitrogen and oxygen atoms in total. The third-order valence-electron chi connectivity index (χ3n) is 4.78. The van der Waals surface area contributed by atoms with Gasteiger partial charge < -0.3 is 19.4 Å². The molecule has 2 aromatic carbocycles. The van der Waals surface area contributed by atoms with E-state index in [0.29, 0.717) is 23.4 Å². The number of hydrogen-bond acceptors (Lipinski definition) is 6. The Balaban J connectivity index is 1.83. The number of benzene rings is 2. The lowest BCUT2D eigenvalue weighted by molar-refractivity contribution is 0.0526. The van der Waals surface area contributed by atoms with Crippen LogP contribution in [0.3, 0.4) is 0 Å². The number of anilines is 2. The molecule has 0 radical (unpaired) electrons. The third-order valence-corrected chi connectivity index (χ3v) is 4.78. The molecule has 1 amide bonds. The van der Waals surface area contributed by atoms with Crippen molar-refractivity contribution >= 4 is 34.2 Å². The number of esters is 1. The highest BCUT2D eigenvalue weighted by Crippen LogP contribution is 2.22. The molecule has 3 rings (SSSR count). The Morgan fingerprint density at radius 2 is 1.73 bits per heavy atom. The molecule has 2 N–H and O–H groups in total. The Kier molecular flexibility index (Phi) is 6.51. The largest absolute Gasteiger partial charge is 0.462 e. The molecule has 7 heteroatoms. The number of nitrogens with one attached hydrogen (secondary N) is 2. The molecule has 156 valence electrons. The first-order valence-electron chi connectivity index (χ1n) is 9.92. The van der Waals surface area contributed by atoms with Gasteiger partial charge in [-0.15, -0.1) is 0 Å². The van der Waals surface area contributed by atoms with E-state index in [1.807, 2.05) is 18.2 Å². The van der Waals surface area contributed by atoms with Crippen molar-refractivity contribution in [3.8, 4) is 0 Å². The summed E-state index contributed by atoms with van der Waals surface area (Å²) in [5, 5.41) is 11.6. The molecule has 0 aliphatic rings. The fourth-order valence-corrected chi connectivity index (χ4v) is 3.17. The zero-order valence-corrected chi connectivity index (χ0v) is 17.3. The van der Waals surface area contributed by atoms with E-state index in [2.05, 4.69) is 24.1 Å². The Hall–Kier alpha value is -3.61. The van der Waals surface area contributed by atoms with E-state index < -0.39 is 11.9 Å². The maximum Gasteiger partial charge on any atom is 0.338 e. The molecule has 0 bridgehead atoms. The summed E-state index contributed by atoms with van der Waals surface area (Å²) in [7, 11) is 0. The van der Waals surface area contributed by atoms with E-state index in [9.17, 15) is 9.59 Å². The van der Waals surface area contributed by atoms with Gasteiger partial charge >= 0.3 is 5.97 Å². The molecular formula is C23H25N3O4. The first kappa shape index (κ1) is 21.1. The lowest BCUT2D eigenvalue weighted by Crippen LogP contribution is -2.22. The van der Waals surface area contributed by atoms with E-state index in [1.165, 1.54) is 0 Å². The monoisotopic (exact) mass is 407 g/mol. The second-order valence-corrected chi connectivity index (χ2v) is 6.64. The van der Waals surface area contributed by atoms with Gasteiger partial charge in [0.1, 0.15) is 11.1 Å². The first-order chi connectivity index (χ1) is 14.5. The Labute approximate surface area is 174 Å². The number of ether oxygens (including phenoxy) is 1. The molecule has 30 heavy (non-hydrogen) atoms. The predicted octanol–water partition coefficient (Wildman–Crippen LogP) is 4.19. The number of hydrogen-bond donors (Lipinski definition) is 2. The van der Waals surface area contributed by atoms with Gasteiger partial charge in [-0.25, -0.2) is 4.79 Å². The normalized spacial score (nSPS) is 10.6. The Bertz CT molecular complexity index is 1120. The molecule has 0 saturated heterocycles. The second-order valence-electron chi connectivity index (χ2n) is 6.64. The van der Waals surface area contributed by atoms with Gasteiger partial charge in [-0.05, 0) is 63.2 Å². The smallest absolute Gasteiger partial charge is 0.338 e. The van der Waals surface area contributed by atoms with Crippen molar-refractivity contribution in [3.63, 3.8) is 0 Å². The van der Waals surface area contributed by atoms with Crippen molar-refractivity contribution in [2.75, 3.05) is 29.9 Å². The summed E-state index contributed by atoms with van der Waals surface area (Å²) in [6.45, 7) is 7.92. The molecule has 0 saturated carbocycles. The van der Waals surface area contributed by atoms with Crippen molar-refractivity contribution < 1.29 is 18.7 Å². The average molecular weight is 407 g/mol. The predicted molar refractivity (Wildman–Crippen MR) is 116 cm³/mol. The number of amides is 1. The maximum absolute atomic E-state index is 12.7. The van der Waals surface area contributed by atoms with Crippen molar-refractivity contribution in [3.05, 3.63) is 65.2 Å². The quantitative estimate of drug-likeness (QED) is 0.573. The number of rotatable bonds is 7. The number of fused-ring (bicyclic) bond motifs is 1. The zero-order chi connectivity index (χ0) is 21.7. The minimum absolute atomic E-state index is 0.132. The minimum atomic E-state index is -0.456. The molecule has 0 unspecified atom stereocenters. The molecule has 3 aromatic rings. The zero-order valence-electron chi connectivity index (χ0n) is 17.3.